The van der Waals surface area contributed by atoms with Gasteiger partial charge in [0, 0.05) is 0 Å². The molecule has 0 aromatic rings. The Bertz CT molecular complexity index is 173. The maximum absolute atomic E-state index is 13.4. The fraction of sp³-hybridized carbons (Fsp3) is 1.00. The lowest BCUT2D eigenvalue weighted by atomic mass is 10.3. The van der Waals surface area contributed by atoms with Crippen molar-refractivity contribution in [2.24, 2.45) is 0 Å². The Labute approximate surface area is 85.1 Å². The van der Waals surface area contributed by atoms with E-state index in [-0.39, 0.29) is 12.2 Å². The van der Waals surface area contributed by atoms with Crippen LogP contribution in [0.25, 0.3) is 0 Å². The van der Waals surface area contributed by atoms with E-state index in [1.54, 1.807) is 13.8 Å². The third kappa shape index (κ3) is 6.55. The van der Waals surface area contributed by atoms with Crippen LogP contribution in [0.3, 0.4) is 0 Å². The van der Waals surface area contributed by atoms with E-state index in [0.717, 1.165) is 12.8 Å². The molecule has 0 spiro atoms. The Balaban J connectivity index is 4.00. The number of rotatable bonds is 6. The maximum Gasteiger partial charge on any atom is 0.366 e. The lowest BCUT2D eigenvalue weighted by Crippen LogP contribution is -2.08. The smallest absolute Gasteiger partial charge is 0.303 e. The summed E-state index contributed by atoms with van der Waals surface area (Å²) in [5.41, 5.74) is 0. The largest absolute Gasteiger partial charge is 0.366 e. The molecule has 0 heterocycles. The van der Waals surface area contributed by atoms with Crippen LogP contribution in [0.1, 0.15) is 40.5 Å². The maximum atomic E-state index is 13.4. The van der Waals surface area contributed by atoms with Gasteiger partial charge in [-0.3, -0.25) is 0 Å². The fourth-order valence-electron chi connectivity index (χ4n) is 0.604. The Morgan fingerprint density at radius 2 is 1.46 bits per heavy atom. The van der Waals surface area contributed by atoms with Crippen molar-refractivity contribution in [1.29, 1.82) is 0 Å². The zero-order valence-corrected chi connectivity index (χ0v) is 10.3. The zero-order valence-electron chi connectivity index (χ0n) is 8.62. The van der Waals surface area contributed by atoms with E-state index in [0.29, 0.717) is 0 Å². The molecule has 0 fully saturated rings. The first-order chi connectivity index (χ1) is 5.91. The molecule has 0 radical (unpaired) electrons. The first-order valence-corrected chi connectivity index (χ1v) is 7.10. The molecule has 2 atom stereocenters. The monoisotopic (exact) mass is 228 g/mol. The van der Waals surface area contributed by atoms with E-state index in [1.165, 1.54) is 0 Å². The molecule has 80 valence electrons. The van der Waals surface area contributed by atoms with Gasteiger partial charge in [-0.1, -0.05) is 13.8 Å². The third-order valence-corrected chi connectivity index (χ3v) is 3.50. The summed E-state index contributed by atoms with van der Waals surface area (Å²) in [7, 11) is 0. The van der Waals surface area contributed by atoms with Crippen LogP contribution in [0.15, 0.2) is 0 Å². The molecule has 0 aromatic heterocycles. The average Bonchev–Trinajstić information content (AvgIpc) is 2.02. The van der Waals surface area contributed by atoms with Gasteiger partial charge in [0.25, 0.3) is 0 Å². The molecule has 2 nitrogen and oxygen atoms in total. The highest BCUT2D eigenvalue weighted by molar-refractivity contribution is 8.07. The van der Waals surface area contributed by atoms with E-state index in [4.69, 9.17) is 9.05 Å². The van der Waals surface area contributed by atoms with E-state index in [2.05, 4.69) is 11.8 Å². The van der Waals surface area contributed by atoms with Gasteiger partial charge in [-0.2, -0.15) is 4.20 Å². The predicted molar refractivity (Wildman–Crippen MR) is 57.1 cm³/mol. The van der Waals surface area contributed by atoms with Crippen molar-refractivity contribution in [3.63, 3.8) is 0 Å². The first-order valence-electron chi connectivity index (χ1n) is 4.57. The van der Waals surface area contributed by atoms with Gasteiger partial charge in [0.05, 0.1) is 12.2 Å². The normalized spacial score (nSPS) is 20.7. The topological polar surface area (TPSA) is 18.5 Å². The molecule has 5 heteroatoms. The van der Waals surface area contributed by atoms with Crippen LogP contribution in [-0.2, 0) is 20.9 Å². The second-order valence-electron chi connectivity index (χ2n) is 3.08. The van der Waals surface area contributed by atoms with Crippen LogP contribution >= 0.6 is 6.80 Å². The Morgan fingerprint density at radius 1 is 1.15 bits per heavy atom. The average molecular weight is 228 g/mol. The summed E-state index contributed by atoms with van der Waals surface area (Å²) in [6, 6.07) is 0. The van der Waals surface area contributed by atoms with Gasteiger partial charge in [0.1, 0.15) is 0 Å². The first kappa shape index (κ1) is 13.5. The Kier molecular flexibility index (Phi) is 6.31. The van der Waals surface area contributed by atoms with Crippen LogP contribution in [0.4, 0.5) is 4.20 Å². The van der Waals surface area contributed by atoms with Crippen LogP contribution < -0.4 is 0 Å². The van der Waals surface area contributed by atoms with Crippen molar-refractivity contribution in [3.05, 3.63) is 0 Å². The fourth-order valence-corrected chi connectivity index (χ4v) is 2.69. The van der Waals surface area contributed by atoms with Crippen molar-refractivity contribution in [2.75, 3.05) is 0 Å². The summed E-state index contributed by atoms with van der Waals surface area (Å²) >= 11 is 4.63. The van der Waals surface area contributed by atoms with Crippen LogP contribution in [0.5, 0.6) is 0 Å². The molecule has 0 saturated heterocycles. The highest BCUT2D eigenvalue weighted by atomic mass is 32.5. The van der Waals surface area contributed by atoms with Gasteiger partial charge in [-0.25, -0.2) is 0 Å². The standard InChI is InChI=1S/C8H18FO2PS/c1-5-7(3)10-12(9,13)11-8(4)6-2/h7-8H,5-6H2,1-4H3. The van der Waals surface area contributed by atoms with E-state index in [9.17, 15) is 4.20 Å². The Hall–Kier alpha value is 0.500. The molecule has 0 aromatic carbocycles. The van der Waals surface area contributed by atoms with Gasteiger partial charge in [-0.05, 0) is 38.5 Å². The summed E-state index contributed by atoms with van der Waals surface area (Å²) in [5.74, 6) is 0. The van der Waals surface area contributed by atoms with E-state index >= 15 is 0 Å². The molecule has 2 unspecified atom stereocenters. The molecule has 0 aliphatic rings. The van der Waals surface area contributed by atoms with Crippen molar-refractivity contribution in [3.8, 4) is 0 Å². The molecule has 0 amide bonds. The van der Waals surface area contributed by atoms with Gasteiger partial charge in [0.2, 0.25) is 0 Å². The van der Waals surface area contributed by atoms with Crippen molar-refractivity contribution in [2.45, 2.75) is 52.7 Å². The quantitative estimate of drug-likeness (QED) is 0.644. The minimum absolute atomic E-state index is 0.167. The molecule has 0 rings (SSSR count). The molecule has 0 aliphatic heterocycles. The number of halogens is 1. The highest BCUT2D eigenvalue weighted by Crippen LogP contribution is 2.52. The van der Waals surface area contributed by atoms with Gasteiger partial charge >= 0.3 is 6.80 Å². The number of hydrogen-bond donors (Lipinski definition) is 0. The highest BCUT2D eigenvalue weighted by Gasteiger charge is 2.23. The second-order valence-corrected chi connectivity index (χ2v) is 5.67. The summed E-state index contributed by atoms with van der Waals surface area (Å²) in [6.07, 6.45) is 1.15. The summed E-state index contributed by atoms with van der Waals surface area (Å²) in [4.78, 5) is 0. The van der Waals surface area contributed by atoms with Crippen molar-refractivity contribution >= 4 is 18.6 Å². The Morgan fingerprint density at radius 3 is 1.69 bits per heavy atom. The van der Waals surface area contributed by atoms with Gasteiger partial charge in [-0.15, -0.1) is 0 Å². The molecule has 0 N–H and O–H groups in total. The molecule has 0 bridgehead atoms. The number of hydrogen-bond acceptors (Lipinski definition) is 3. The minimum atomic E-state index is -3.50. The van der Waals surface area contributed by atoms with E-state index < -0.39 is 6.80 Å². The predicted octanol–water partition coefficient (Wildman–Crippen LogP) is 3.81. The third-order valence-electron chi connectivity index (χ3n) is 1.76. The van der Waals surface area contributed by atoms with Crippen LogP contribution in [-0.4, -0.2) is 12.2 Å². The molecule has 0 aliphatic carbocycles. The summed E-state index contributed by atoms with van der Waals surface area (Å²) < 4.78 is 23.4. The van der Waals surface area contributed by atoms with Crippen LogP contribution in [0, 0.1) is 0 Å². The van der Waals surface area contributed by atoms with Gasteiger partial charge < -0.3 is 9.05 Å². The molecular formula is C8H18FO2PS. The summed E-state index contributed by atoms with van der Waals surface area (Å²) in [5, 5.41) is 0. The van der Waals surface area contributed by atoms with Crippen LogP contribution in [0.2, 0.25) is 0 Å². The molecular weight excluding hydrogens is 210 g/mol. The molecule has 13 heavy (non-hydrogen) atoms. The summed E-state index contributed by atoms with van der Waals surface area (Å²) in [6.45, 7) is 3.92. The lowest BCUT2D eigenvalue weighted by molar-refractivity contribution is 0.134. The SMILES string of the molecule is CCC(C)OP(F)(=S)OC(C)CC. The molecule has 0 saturated carbocycles. The van der Waals surface area contributed by atoms with E-state index in [1.807, 2.05) is 13.8 Å². The van der Waals surface area contributed by atoms with Crippen molar-refractivity contribution < 1.29 is 13.2 Å². The van der Waals surface area contributed by atoms with Gasteiger partial charge in [0.15, 0.2) is 0 Å². The lowest BCUT2D eigenvalue weighted by Gasteiger charge is -2.20. The zero-order chi connectivity index (χ0) is 10.5. The minimum Gasteiger partial charge on any atom is -0.303 e. The van der Waals surface area contributed by atoms with Crippen molar-refractivity contribution in [1.82, 2.24) is 0 Å². The second kappa shape index (κ2) is 6.07.